The zero-order chi connectivity index (χ0) is 16.9. The van der Waals surface area contributed by atoms with E-state index >= 15 is 0 Å². The van der Waals surface area contributed by atoms with Gasteiger partial charge in [-0.05, 0) is 39.1 Å². The highest BCUT2D eigenvalue weighted by atomic mass is 32.2. The quantitative estimate of drug-likeness (QED) is 0.831. The lowest BCUT2D eigenvalue weighted by Crippen LogP contribution is -2.49. The third-order valence-corrected chi connectivity index (χ3v) is 5.86. The van der Waals surface area contributed by atoms with E-state index in [9.17, 15) is 13.2 Å². The van der Waals surface area contributed by atoms with Crippen LogP contribution in [0.2, 0.25) is 0 Å². The van der Waals surface area contributed by atoms with E-state index in [-0.39, 0.29) is 12.5 Å². The Hall–Kier alpha value is -1.44. The van der Waals surface area contributed by atoms with Crippen LogP contribution in [-0.4, -0.2) is 69.6 Å². The molecular weight excluding hydrogens is 314 g/mol. The van der Waals surface area contributed by atoms with Gasteiger partial charge < -0.3 is 9.80 Å². The van der Waals surface area contributed by atoms with Crippen LogP contribution in [0, 0.1) is 0 Å². The van der Waals surface area contributed by atoms with Gasteiger partial charge in [-0.2, -0.15) is 0 Å². The number of piperidine rings is 1. The van der Waals surface area contributed by atoms with Gasteiger partial charge in [-0.3, -0.25) is 4.79 Å². The molecule has 1 N–H and O–H groups in total. The van der Waals surface area contributed by atoms with Crippen molar-refractivity contribution in [3.63, 3.8) is 0 Å². The second-order valence-electron chi connectivity index (χ2n) is 6.12. The summed E-state index contributed by atoms with van der Waals surface area (Å²) < 4.78 is 27.5. The molecule has 1 fully saturated rings. The summed E-state index contributed by atoms with van der Waals surface area (Å²) in [5.74, 6) is -0.0983. The summed E-state index contributed by atoms with van der Waals surface area (Å²) >= 11 is 0. The molecule has 1 heterocycles. The second kappa shape index (κ2) is 7.90. The molecule has 0 aliphatic carbocycles. The number of likely N-dealkylation sites (tertiary alicyclic amines) is 1. The zero-order valence-electron chi connectivity index (χ0n) is 13.7. The average Bonchev–Trinajstić information content (AvgIpc) is 2.54. The summed E-state index contributed by atoms with van der Waals surface area (Å²) in [5, 5.41) is -0.536. The van der Waals surface area contributed by atoms with Crippen molar-refractivity contribution < 1.29 is 13.2 Å². The first-order valence-corrected chi connectivity index (χ1v) is 9.42. The highest BCUT2D eigenvalue weighted by Crippen LogP contribution is 2.18. The monoisotopic (exact) mass is 339 g/mol. The van der Waals surface area contributed by atoms with Gasteiger partial charge in [0.25, 0.3) is 5.91 Å². The van der Waals surface area contributed by atoms with Gasteiger partial charge in [0.15, 0.2) is 0 Å². The number of carbonyl (C=O) groups is 1. The third kappa shape index (κ3) is 5.02. The molecule has 1 amide bonds. The molecule has 1 aromatic rings. The Balaban J connectivity index is 1.98. The van der Waals surface area contributed by atoms with Crippen LogP contribution in [0.5, 0.6) is 0 Å². The van der Waals surface area contributed by atoms with E-state index in [0.29, 0.717) is 38.0 Å². The maximum absolute atomic E-state index is 12.5. The topological polar surface area (TPSA) is 69.7 Å². The SMILES string of the molecule is CN(C)CCNS(=O)(=O)[C@H]1CCCN(C(=O)c2ccccc2)C1. The van der Waals surface area contributed by atoms with Crippen molar-refractivity contribution >= 4 is 15.9 Å². The summed E-state index contributed by atoms with van der Waals surface area (Å²) in [5.41, 5.74) is 0.603. The van der Waals surface area contributed by atoms with Crippen LogP contribution in [0.4, 0.5) is 0 Å². The van der Waals surface area contributed by atoms with E-state index in [0.717, 1.165) is 0 Å². The van der Waals surface area contributed by atoms with Gasteiger partial charge in [0.2, 0.25) is 10.0 Å². The number of carbonyl (C=O) groups excluding carboxylic acids is 1. The predicted octanol–water partition coefficient (Wildman–Crippen LogP) is 0.772. The van der Waals surface area contributed by atoms with Crippen molar-refractivity contribution in [3.05, 3.63) is 35.9 Å². The average molecular weight is 339 g/mol. The fourth-order valence-corrected chi connectivity index (χ4v) is 4.13. The van der Waals surface area contributed by atoms with E-state index in [1.54, 1.807) is 17.0 Å². The van der Waals surface area contributed by atoms with Gasteiger partial charge in [-0.25, -0.2) is 13.1 Å². The van der Waals surface area contributed by atoms with Crippen molar-refractivity contribution in [1.29, 1.82) is 0 Å². The van der Waals surface area contributed by atoms with Crippen LogP contribution in [-0.2, 0) is 10.0 Å². The van der Waals surface area contributed by atoms with Gasteiger partial charge in [-0.15, -0.1) is 0 Å². The molecule has 0 radical (unpaired) electrons. The second-order valence-corrected chi connectivity index (χ2v) is 8.17. The van der Waals surface area contributed by atoms with Gasteiger partial charge in [0, 0.05) is 31.7 Å². The van der Waals surface area contributed by atoms with Crippen molar-refractivity contribution in [2.75, 3.05) is 40.3 Å². The number of hydrogen-bond donors (Lipinski definition) is 1. The zero-order valence-corrected chi connectivity index (χ0v) is 14.6. The van der Waals surface area contributed by atoms with Crippen LogP contribution >= 0.6 is 0 Å². The van der Waals surface area contributed by atoms with Crippen LogP contribution in [0.15, 0.2) is 30.3 Å². The first-order valence-electron chi connectivity index (χ1n) is 7.87. The molecule has 0 unspecified atom stereocenters. The number of likely N-dealkylation sites (N-methyl/N-ethyl adjacent to an activating group) is 1. The number of sulfonamides is 1. The maximum Gasteiger partial charge on any atom is 0.253 e. The van der Waals surface area contributed by atoms with Gasteiger partial charge >= 0.3 is 0 Å². The van der Waals surface area contributed by atoms with E-state index in [1.165, 1.54) is 0 Å². The minimum absolute atomic E-state index is 0.0983. The van der Waals surface area contributed by atoms with Crippen molar-refractivity contribution in [3.8, 4) is 0 Å². The summed E-state index contributed by atoms with van der Waals surface area (Å²) in [6, 6.07) is 9.00. The fraction of sp³-hybridized carbons (Fsp3) is 0.562. The molecule has 1 aromatic carbocycles. The molecule has 0 saturated carbocycles. The van der Waals surface area contributed by atoms with Crippen LogP contribution in [0.25, 0.3) is 0 Å². The lowest BCUT2D eigenvalue weighted by molar-refractivity contribution is 0.0726. The molecule has 1 aliphatic heterocycles. The highest BCUT2D eigenvalue weighted by Gasteiger charge is 2.32. The largest absolute Gasteiger partial charge is 0.337 e. The number of rotatable bonds is 6. The molecule has 1 saturated heterocycles. The standard InChI is InChI=1S/C16H25N3O3S/c1-18(2)12-10-17-23(21,22)15-9-6-11-19(13-15)16(20)14-7-4-3-5-8-14/h3-5,7-8,15,17H,6,9-13H2,1-2H3/t15-/m0/s1. The first kappa shape index (κ1) is 17.9. The highest BCUT2D eigenvalue weighted by molar-refractivity contribution is 7.90. The van der Waals surface area contributed by atoms with Crippen molar-refractivity contribution in [2.45, 2.75) is 18.1 Å². The Morgan fingerprint density at radius 2 is 2.00 bits per heavy atom. The summed E-state index contributed by atoms with van der Waals surface area (Å²) in [6.45, 7) is 1.90. The normalized spacial score (nSPS) is 19.1. The maximum atomic E-state index is 12.5. The third-order valence-electron chi connectivity index (χ3n) is 3.99. The Kier molecular flexibility index (Phi) is 6.15. The summed E-state index contributed by atoms with van der Waals surface area (Å²) in [6.07, 6.45) is 1.30. The van der Waals surface area contributed by atoms with E-state index in [4.69, 9.17) is 0 Å². The molecule has 2 rings (SSSR count). The fourth-order valence-electron chi connectivity index (χ4n) is 2.67. The molecule has 7 heteroatoms. The Morgan fingerprint density at radius 1 is 1.30 bits per heavy atom. The Labute approximate surface area is 138 Å². The van der Waals surface area contributed by atoms with Crippen molar-refractivity contribution in [2.24, 2.45) is 0 Å². The van der Waals surface area contributed by atoms with Crippen molar-refractivity contribution in [1.82, 2.24) is 14.5 Å². The minimum atomic E-state index is -3.40. The molecule has 0 bridgehead atoms. The Morgan fingerprint density at radius 3 is 2.65 bits per heavy atom. The smallest absolute Gasteiger partial charge is 0.253 e. The summed E-state index contributed by atoms with van der Waals surface area (Å²) in [7, 11) is 0.398. The van der Waals surface area contributed by atoms with Gasteiger partial charge in [0.05, 0.1) is 5.25 Å². The number of amides is 1. The van der Waals surface area contributed by atoms with E-state index in [2.05, 4.69) is 4.72 Å². The lowest BCUT2D eigenvalue weighted by atomic mass is 10.1. The molecule has 6 nitrogen and oxygen atoms in total. The summed E-state index contributed by atoms with van der Waals surface area (Å²) in [4.78, 5) is 16.1. The predicted molar refractivity (Wildman–Crippen MR) is 90.8 cm³/mol. The number of benzene rings is 1. The minimum Gasteiger partial charge on any atom is -0.337 e. The van der Waals surface area contributed by atoms with Gasteiger partial charge in [0.1, 0.15) is 0 Å². The molecule has 23 heavy (non-hydrogen) atoms. The van der Waals surface area contributed by atoms with E-state index < -0.39 is 15.3 Å². The first-order chi connectivity index (χ1) is 10.9. The van der Waals surface area contributed by atoms with Crippen LogP contribution < -0.4 is 4.72 Å². The molecular formula is C16H25N3O3S. The molecule has 1 atom stereocenters. The van der Waals surface area contributed by atoms with Crippen LogP contribution in [0.1, 0.15) is 23.2 Å². The lowest BCUT2D eigenvalue weighted by Gasteiger charge is -2.32. The number of nitrogens with one attached hydrogen (secondary N) is 1. The van der Waals surface area contributed by atoms with E-state index in [1.807, 2.05) is 37.2 Å². The van der Waals surface area contributed by atoms with Gasteiger partial charge in [-0.1, -0.05) is 18.2 Å². The number of hydrogen-bond acceptors (Lipinski definition) is 4. The van der Waals surface area contributed by atoms with Crippen LogP contribution in [0.3, 0.4) is 0 Å². The molecule has 128 valence electrons. The molecule has 0 aromatic heterocycles. The Bertz CT molecular complexity index is 617. The molecule has 0 spiro atoms. The molecule has 1 aliphatic rings. The number of nitrogens with zero attached hydrogens (tertiary/aromatic N) is 2.